The van der Waals surface area contributed by atoms with Crippen LogP contribution in [0.4, 0.5) is 5.69 Å². The van der Waals surface area contributed by atoms with Crippen LogP contribution in [0.1, 0.15) is 32.6 Å². The summed E-state index contributed by atoms with van der Waals surface area (Å²) in [5.41, 5.74) is 2.62. The molecule has 28 heavy (non-hydrogen) atoms. The summed E-state index contributed by atoms with van der Waals surface area (Å²) in [6.45, 7) is 2.68. The number of carbonyl (C=O) groups is 2. The van der Waals surface area contributed by atoms with Gasteiger partial charge in [-0.3, -0.25) is 9.59 Å². The molecule has 0 bridgehead atoms. The number of benzene rings is 2. The van der Waals surface area contributed by atoms with E-state index < -0.39 is 0 Å². The first-order chi connectivity index (χ1) is 13.5. The van der Waals surface area contributed by atoms with Crippen molar-refractivity contribution in [1.29, 1.82) is 0 Å². The molecule has 1 N–H and O–H groups in total. The zero-order valence-corrected chi connectivity index (χ0v) is 16.4. The Bertz CT molecular complexity index is 887. The highest BCUT2D eigenvalue weighted by Gasteiger charge is 2.50. The van der Waals surface area contributed by atoms with Crippen LogP contribution in [0.15, 0.2) is 48.5 Å². The van der Waals surface area contributed by atoms with Gasteiger partial charge in [0.15, 0.2) is 0 Å². The van der Waals surface area contributed by atoms with Crippen LogP contribution in [0, 0.1) is 5.41 Å². The van der Waals surface area contributed by atoms with E-state index in [4.69, 9.17) is 4.74 Å². The highest BCUT2D eigenvalue weighted by Crippen LogP contribution is 2.47. The van der Waals surface area contributed by atoms with Gasteiger partial charge in [0.1, 0.15) is 11.8 Å². The van der Waals surface area contributed by atoms with Crippen LogP contribution in [0.3, 0.4) is 0 Å². The lowest BCUT2D eigenvalue weighted by Crippen LogP contribution is -2.45. The second-order valence-electron chi connectivity index (χ2n) is 8.02. The number of methoxy groups -OCH3 is 1. The molecule has 4 rings (SSSR count). The molecule has 5 nitrogen and oxygen atoms in total. The lowest BCUT2D eigenvalue weighted by molar-refractivity contribution is -0.140. The van der Waals surface area contributed by atoms with Crippen LogP contribution in [-0.2, 0) is 9.59 Å². The fourth-order valence-electron chi connectivity index (χ4n) is 3.80. The van der Waals surface area contributed by atoms with Gasteiger partial charge in [-0.05, 0) is 61.1 Å². The molecule has 0 unspecified atom stereocenters. The summed E-state index contributed by atoms with van der Waals surface area (Å²) in [7, 11) is 1.65. The molecule has 1 saturated heterocycles. The van der Waals surface area contributed by atoms with Crippen LogP contribution in [0.25, 0.3) is 11.1 Å². The number of likely N-dealkylation sites (tertiary alicyclic amines) is 1. The molecule has 2 aromatic carbocycles. The van der Waals surface area contributed by atoms with Crippen LogP contribution in [-0.4, -0.2) is 36.4 Å². The minimum Gasteiger partial charge on any atom is -0.497 e. The second kappa shape index (κ2) is 7.30. The Labute approximate surface area is 165 Å². The van der Waals surface area contributed by atoms with E-state index in [1.165, 1.54) is 0 Å². The first kappa shape index (κ1) is 18.5. The molecular weight excluding hydrogens is 352 g/mol. The van der Waals surface area contributed by atoms with Crippen molar-refractivity contribution in [2.45, 2.75) is 38.6 Å². The molecule has 2 aliphatic rings. The van der Waals surface area contributed by atoms with Gasteiger partial charge in [0.05, 0.1) is 7.11 Å². The highest BCUT2D eigenvalue weighted by atomic mass is 16.5. The molecule has 0 radical (unpaired) electrons. The van der Waals surface area contributed by atoms with Crippen molar-refractivity contribution >= 4 is 17.5 Å². The number of anilines is 1. The zero-order chi connectivity index (χ0) is 19.7. The summed E-state index contributed by atoms with van der Waals surface area (Å²) in [6.07, 6.45) is 3.48. The molecular formula is C23H26N2O3. The third-order valence-corrected chi connectivity index (χ3v) is 5.89. The van der Waals surface area contributed by atoms with Crippen molar-refractivity contribution in [3.8, 4) is 16.9 Å². The predicted octanol–water partition coefficient (Wildman–Crippen LogP) is 4.09. The summed E-state index contributed by atoms with van der Waals surface area (Å²) in [4.78, 5) is 27.3. The van der Waals surface area contributed by atoms with Gasteiger partial charge in [0.2, 0.25) is 11.8 Å². The van der Waals surface area contributed by atoms with E-state index in [-0.39, 0.29) is 23.3 Å². The Hall–Kier alpha value is -2.82. The molecule has 1 aliphatic heterocycles. The lowest BCUT2D eigenvalue weighted by atomic mass is 10.0. The van der Waals surface area contributed by atoms with Crippen LogP contribution < -0.4 is 10.1 Å². The van der Waals surface area contributed by atoms with Gasteiger partial charge in [-0.1, -0.05) is 31.2 Å². The molecule has 2 fully saturated rings. The van der Waals surface area contributed by atoms with Gasteiger partial charge in [-0.2, -0.15) is 0 Å². The van der Waals surface area contributed by atoms with Gasteiger partial charge in [-0.15, -0.1) is 0 Å². The summed E-state index contributed by atoms with van der Waals surface area (Å²) in [5, 5.41) is 2.98. The molecule has 1 heterocycles. The average Bonchev–Trinajstić information content (AvgIpc) is 3.28. The largest absolute Gasteiger partial charge is 0.497 e. The van der Waals surface area contributed by atoms with E-state index in [1.807, 2.05) is 55.5 Å². The van der Waals surface area contributed by atoms with Crippen molar-refractivity contribution in [3.05, 3.63) is 48.5 Å². The zero-order valence-electron chi connectivity index (χ0n) is 16.4. The molecule has 2 amide bonds. The number of carbonyl (C=O) groups excluding carboxylic acids is 2. The topological polar surface area (TPSA) is 58.6 Å². The molecule has 0 aromatic heterocycles. The third kappa shape index (κ3) is 3.61. The number of rotatable bonds is 5. The molecule has 5 heteroatoms. The quantitative estimate of drug-likeness (QED) is 0.852. The smallest absolute Gasteiger partial charge is 0.247 e. The number of ether oxygens (including phenoxy) is 1. The van der Waals surface area contributed by atoms with Crippen LogP contribution in [0.2, 0.25) is 0 Å². The monoisotopic (exact) mass is 378 g/mol. The van der Waals surface area contributed by atoms with Gasteiger partial charge in [0.25, 0.3) is 0 Å². The Kier molecular flexibility index (Phi) is 4.84. The maximum atomic E-state index is 12.8. The molecule has 146 valence electrons. The summed E-state index contributed by atoms with van der Waals surface area (Å²) < 4.78 is 5.28. The number of nitrogens with one attached hydrogen (secondary N) is 1. The van der Waals surface area contributed by atoms with Crippen molar-refractivity contribution in [3.63, 3.8) is 0 Å². The predicted molar refractivity (Wildman–Crippen MR) is 109 cm³/mol. The minimum atomic E-state index is -0.358. The fourth-order valence-corrected chi connectivity index (χ4v) is 3.80. The van der Waals surface area contributed by atoms with E-state index in [0.717, 1.165) is 48.2 Å². The summed E-state index contributed by atoms with van der Waals surface area (Å²) in [5.74, 6) is 0.855. The Morgan fingerprint density at radius 1 is 1.11 bits per heavy atom. The van der Waals surface area contributed by atoms with Crippen LogP contribution in [0.5, 0.6) is 5.75 Å². The van der Waals surface area contributed by atoms with Crippen LogP contribution >= 0.6 is 0 Å². The first-order valence-corrected chi connectivity index (χ1v) is 9.87. The normalized spacial score (nSPS) is 19.9. The van der Waals surface area contributed by atoms with E-state index in [0.29, 0.717) is 6.54 Å². The third-order valence-electron chi connectivity index (χ3n) is 5.89. The van der Waals surface area contributed by atoms with Gasteiger partial charge < -0.3 is 15.0 Å². The molecule has 2 aromatic rings. The number of nitrogens with zero attached hydrogens (tertiary/aromatic N) is 1. The van der Waals surface area contributed by atoms with Crippen molar-refractivity contribution in [1.82, 2.24) is 4.90 Å². The Morgan fingerprint density at radius 2 is 1.86 bits per heavy atom. The van der Waals surface area contributed by atoms with Crippen molar-refractivity contribution in [2.75, 3.05) is 19.0 Å². The maximum absolute atomic E-state index is 12.8. The SMILES string of the molecule is COc1cccc(-c2ccc(NC(=O)[C@@H]3CCCN3C(=O)C3(C)CC3)cc2)c1. The first-order valence-electron chi connectivity index (χ1n) is 9.87. The Balaban J connectivity index is 1.43. The fraction of sp³-hybridized carbons (Fsp3) is 0.391. The van der Waals surface area contributed by atoms with E-state index in [2.05, 4.69) is 5.32 Å². The van der Waals surface area contributed by atoms with E-state index >= 15 is 0 Å². The van der Waals surface area contributed by atoms with E-state index in [1.54, 1.807) is 12.0 Å². The molecule has 0 spiro atoms. The van der Waals surface area contributed by atoms with Gasteiger partial charge >= 0.3 is 0 Å². The van der Waals surface area contributed by atoms with Crippen molar-refractivity contribution < 1.29 is 14.3 Å². The van der Waals surface area contributed by atoms with Gasteiger partial charge in [-0.25, -0.2) is 0 Å². The minimum absolute atomic E-state index is 0.0933. The molecule has 1 aliphatic carbocycles. The number of amides is 2. The second-order valence-corrected chi connectivity index (χ2v) is 8.02. The lowest BCUT2D eigenvalue weighted by Gasteiger charge is -2.26. The average molecular weight is 378 g/mol. The maximum Gasteiger partial charge on any atom is 0.247 e. The Morgan fingerprint density at radius 3 is 2.54 bits per heavy atom. The highest BCUT2D eigenvalue weighted by molar-refractivity contribution is 5.98. The summed E-state index contributed by atoms with van der Waals surface area (Å²) >= 11 is 0. The number of hydrogen-bond donors (Lipinski definition) is 1. The number of hydrogen-bond acceptors (Lipinski definition) is 3. The molecule has 1 saturated carbocycles. The summed E-state index contributed by atoms with van der Waals surface area (Å²) in [6, 6.07) is 15.3. The standard InChI is InChI=1S/C23H26N2O3/c1-23(12-13-23)22(27)25-14-4-7-20(25)21(26)24-18-10-8-16(9-11-18)17-5-3-6-19(15-17)28-2/h3,5-6,8-11,15,20H,4,7,12-14H2,1-2H3,(H,24,26)/t20-/m0/s1. The molecule has 1 atom stereocenters. The van der Waals surface area contributed by atoms with E-state index in [9.17, 15) is 9.59 Å². The van der Waals surface area contributed by atoms with Gasteiger partial charge in [0, 0.05) is 17.6 Å². The van der Waals surface area contributed by atoms with Crippen molar-refractivity contribution in [2.24, 2.45) is 5.41 Å².